The highest BCUT2D eigenvalue weighted by Crippen LogP contribution is 2.26. The zero-order valence-electron chi connectivity index (χ0n) is 18.0. The lowest BCUT2D eigenvalue weighted by Crippen LogP contribution is -2.47. The molecule has 0 spiro atoms. The van der Waals surface area contributed by atoms with Crippen LogP contribution in [-0.2, 0) is 11.3 Å². The molecular weight excluding hydrogens is 422 g/mol. The molecule has 0 saturated heterocycles. The van der Waals surface area contributed by atoms with Gasteiger partial charge in [0.25, 0.3) is 5.91 Å². The van der Waals surface area contributed by atoms with Gasteiger partial charge in [0, 0.05) is 24.2 Å². The zero-order valence-corrected chi connectivity index (χ0v) is 18.8. The molecule has 164 valence electrons. The number of hydrogen-bond acceptors (Lipinski definition) is 5. The van der Waals surface area contributed by atoms with E-state index >= 15 is 0 Å². The molecule has 32 heavy (non-hydrogen) atoms. The van der Waals surface area contributed by atoms with Crippen molar-refractivity contribution in [1.82, 2.24) is 25.2 Å². The lowest BCUT2D eigenvalue weighted by molar-refractivity contribution is -0.123. The Balaban J connectivity index is 1.47. The lowest BCUT2D eigenvalue weighted by Gasteiger charge is -2.20. The van der Waals surface area contributed by atoms with Gasteiger partial charge in [0.05, 0.1) is 22.5 Å². The molecule has 1 unspecified atom stereocenters. The molecule has 4 rings (SSSR count). The van der Waals surface area contributed by atoms with Crippen molar-refractivity contribution in [3.8, 4) is 5.13 Å². The predicted octanol–water partition coefficient (Wildman–Crippen LogP) is 3.94. The van der Waals surface area contributed by atoms with E-state index in [0.717, 1.165) is 21.0 Å². The van der Waals surface area contributed by atoms with Crippen molar-refractivity contribution in [1.29, 1.82) is 0 Å². The molecule has 4 aromatic rings. The minimum absolute atomic E-state index is 0.216. The van der Waals surface area contributed by atoms with Crippen molar-refractivity contribution in [2.75, 3.05) is 0 Å². The van der Waals surface area contributed by atoms with Crippen LogP contribution in [0.3, 0.4) is 0 Å². The first-order chi connectivity index (χ1) is 15.5. The van der Waals surface area contributed by atoms with Crippen LogP contribution < -0.4 is 10.6 Å². The summed E-state index contributed by atoms with van der Waals surface area (Å²) in [6.07, 6.45) is 6.10. The van der Waals surface area contributed by atoms with Gasteiger partial charge in [-0.2, -0.15) is 0 Å². The van der Waals surface area contributed by atoms with Gasteiger partial charge in [0.15, 0.2) is 5.13 Å². The molecular formula is C24H25N5O2S. The standard InChI is InChI=1S/C24H25N5O2S/c1-16(2)13-20(23(31)26-15-18-7-3-4-10-25-18)27-22(30)17-8-9-19-21(14-17)32-24(28-19)29-11-5-6-12-29/h3-12,14,16,20H,13,15H2,1-2H3,(H,26,31)(H,27,30). The molecule has 0 saturated carbocycles. The van der Waals surface area contributed by atoms with Crippen LogP contribution in [0, 0.1) is 5.92 Å². The SMILES string of the molecule is CC(C)CC(NC(=O)c1ccc2nc(-n3cccc3)sc2c1)C(=O)NCc1ccccn1. The van der Waals surface area contributed by atoms with Crippen LogP contribution in [0.1, 0.15) is 36.3 Å². The number of aromatic nitrogens is 3. The average molecular weight is 448 g/mol. The van der Waals surface area contributed by atoms with E-state index in [1.54, 1.807) is 12.3 Å². The van der Waals surface area contributed by atoms with Crippen molar-refractivity contribution in [2.45, 2.75) is 32.9 Å². The number of fused-ring (bicyclic) bond motifs is 1. The second-order valence-electron chi connectivity index (χ2n) is 7.96. The Bertz CT molecular complexity index is 1200. The molecule has 8 heteroatoms. The summed E-state index contributed by atoms with van der Waals surface area (Å²) < 4.78 is 2.86. The first-order valence-electron chi connectivity index (χ1n) is 10.5. The Hall–Kier alpha value is -3.52. The quantitative estimate of drug-likeness (QED) is 0.428. The van der Waals surface area contributed by atoms with Gasteiger partial charge in [-0.3, -0.25) is 14.6 Å². The third kappa shape index (κ3) is 5.20. The van der Waals surface area contributed by atoms with Gasteiger partial charge < -0.3 is 15.2 Å². The maximum absolute atomic E-state index is 13.0. The smallest absolute Gasteiger partial charge is 0.251 e. The molecule has 0 aliphatic carbocycles. The van der Waals surface area contributed by atoms with Crippen LogP contribution in [0.5, 0.6) is 0 Å². The van der Waals surface area contributed by atoms with Gasteiger partial charge in [-0.1, -0.05) is 31.3 Å². The fourth-order valence-electron chi connectivity index (χ4n) is 3.37. The van der Waals surface area contributed by atoms with Crippen molar-refractivity contribution >= 4 is 33.4 Å². The summed E-state index contributed by atoms with van der Waals surface area (Å²) in [6.45, 7) is 4.37. The van der Waals surface area contributed by atoms with E-state index in [9.17, 15) is 9.59 Å². The Labute approximate surface area is 190 Å². The molecule has 7 nitrogen and oxygen atoms in total. The van der Waals surface area contributed by atoms with Crippen molar-refractivity contribution in [2.24, 2.45) is 5.92 Å². The molecule has 3 aromatic heterocycles. The summed E-state index contributed by atoms with van der Waals surface area (Å²) >= 11 is 1.51. The monoisotopic (exact) mass is 447 g/mol. The van der Waals surface area contributed by atoms with E-state index in [-0.39, 0.29) is 17.7 Å². The maximum atomic E-state index is 13.0. The Kier molecular flexibility index (Phi) is 6.61. The van der Waals surface area contributed by atoms with E-state index in [0.29, 0.717) is 18.5 Å². The van der Waals surface area contributed by atoms with Crippen LogP contribution in [0.2, 0.25) is 0 Å². The Morgan fingerprint density at radius 1 is 1.09 bits per heavy atom. The van der Waals surface area contributed by atoms with Crippen LogP contribution >= 0.6 is 11.3 Å². The van der Waals surface area contributed by atoms with Gasteiger partial charge in [0.2, 0.25) is 5.91 Å². The molecule has 0 aliphatic heterocycles. The lowest BCUT2D eigenvalue weighted by atomic mass is 10.0. The minimum atomic E-state index is -0.626. The number of pyridine rings is 1. The number of nitrogens with zero attached hydrogens (tertiary/aromatic N) is 3. The normalized spacial score (nSPS) is 12.1. The molecule has 0 aliphatic rings. The second-order valence-corrected chi connectivity index (χ2v) is 8.97. The molecule has 0 bridgehead atoms. The number of hydrogen-bond donors (Lipinski definition) is 2. The minimum Gasteiger partial charge on any atom is -0.349 e. The van der Waals surface area contributed by atoms with Crippen LogP contribution in [0.15, 0.2) is 67.1 Å². The second kappa shape index (κ2) is 9.74. The first kappa shape index (κ1) is 21.7. The fraction of sp³-hybridized carbons (Fsp3) is 0.250. The summed E-state index contributed by atoms with van der Waals surface area (Å²) in [7, 11) is 0. The number of rotatable bonds is 8. The first-order valence-corrected chi connectivity index (χ1v) is 11.3. The Morgan fingerprint density at radius 2 is 1.91 bits per heavy atom. The zero-order chi connectivity index (χ0) is 22.5. The third-order valence-electron chi connectivity index (χ3n) is 4.96. The maximum Gasteiger partial charge on any atom is 0.251 e. The van der Waals surface area contributed by atoms with Crippen molar-refractivity contribution < 1.29 is 9.59 Å². The summed E-state index contributed by atoms with van der Waals surface area (Å²) in [5.74, 6) is -0.248. The van der Waals surface area contributed by atoms with Crippen molar-refractivity contribution in [3.63, 3.8) is 0 Å². The van der Waals surface area contributed by atoms with E-state index < -0.39 is 6.04 Å². The number of nitrogens with one attached hydrogen (secondary N) is 2. The van der Waals surface area contributed by atoms with Gasteiger partial charge >= 0.3 is 0 Å². The molecule has 3 heterocycles. The number of benzene rings is 1. The number of thiazole rings is 1. The van der Waals surface area contributed by atoms with Crippen molar-refractivity contribution in [3.05, 3.63) is 78.4 Å². The van der Waals surface area contributed by atoms with Gasteiger partial charge in [-0.15, -0.1) is 0 Å². The van der Waals surface area contributed by atoms with E-state index in [1.807, 2.05) is 73.3 Å². The highest BCUT2D eigenvalue weighted by molar-refractivity contribution is 7.20. The molecule has 1 atom stereocenters. The van der Waals surface area contributed by atoms with Gasteiger partial charge in [-0.25, -0.2) is 4.98 Å². The fourth-order valence-corrected chi connectivity index (χ4v) is 4.35. The van der Waals surface area contributed by atoms with E-state index in [4.69, 9.17) is 0 Å². The topological polar surface area (TPSA) is 88.9 Å². The highest BCUT2D eigenvalue weighted by Gasteiger charge is 2.23. The van der Waals surface area contributed by atoms with E-state index in [1.165, 1.54) is 11.3 Å². The largest absolute Gasteiger partial charge is 0.349 e. The average Bonchev–Trinajstić information content (AvgIpc) is 3.46. The number of amides is 2. The van der Waals surface area contributed by atoms with E-state index in [2.05, 4.69) is 20.6 Å². The molecule has 0 fully saturated rings. The molecule has 1 aromatic carbocycles. The van der Waals surface area contributed by atoms with Crippen LogP contribution in [0.4, 0.5) is 0 Å². The number of carbonyl (C=O) groups excluding carboxylic acids is 2. The Morgan fingerprint density at radius 3 is 2.62 bits per heavy atom. The van der Waals surface area contributed by atoms with Crippen LogP contribution in [-0.4, -0.2) is 32.4 Å². The number of carbonyl (C=O) groups is 2. The summed E-state index contributed by atoms with van der Waals surface area (Å²) in [5, 5.41) is 6.63. The van der Waals surface area contributed by atoms with Gasteiger partial charge in [-0.05, 0) is 54.8 Å². The molecule has 2 amide bonds. The summed E-state index contributed by atoms with van der Waals surface area (Å²) in [6, 6.07) is 14.2. The summed E-state index contributed by atoms with van der Waals surface area (Å²) in [4.78, 5) is 34.6. The highest BCUT2D eigenvalue weighted by atomic mass is 32.1. The third-order valence-corrected chi connectivity index (χ3v) is 6.00. The molecule has 0 radical (unpaired) electrons. The summed E-state index contributed by atoms with van der Waals surface area (Å²) in [5.41, 5.74) is 2.11. The molecule has 2 N–H and O–H groups in total. The van der Waals surface area contributed by atoms with Crippen LogP contribution in [0.25, 0.3) is 15.3 Å². The van der Waals surface area contributed by atoms with Gasteiger partial charge in [0.1, 0.15) is 6.04 Å². The predicted molar refractivity (Wildman–Crippen MR) is 126 cm³/mol.